The number of hydrogen-bond acceptors (Lipinski definition) is 4. The average Bonchev–Trinajstić information content (AvgIpc) is 2.39. The van der Waals surface area contributed by atoms with E-state index < -0.39 is 0 Å². The average molecular weight is 232 g/mol. The number of methoxy groups -OCH3 is 2. The lowest BCUT2D eigenvalue weighted by atomic mass is 10.1. The van der Waals surface area contributed by atoms with Crippen LogP contribution in [0.2, 0.25) is 0 Å². The first-order valence-corrected chi connectivity index (χ1v) is 5.01. The molecule has 1 heterocycles. The Balaban J connectivity index is 2.50. The van der Waals surface area contributed by atoms with E-state index in [2.05, 4.69) is 9.97 Å². The maximum Gasteiger partial charge on any atom is 0.344 e. The van der Waals surface area contributed by atoms with E-state index in [0.29, 0.717) is 11.5 Å². The maximum atomic E-state index is 10.9. The van der Waals surface area contributed by atoms with Crippen LogP contribution in [0.5, 0.6) is 11.5 Å². The molecule has 88 valence electrons. The van der Waals surface area contributed by atoms with E-state index in [0.717, 1.165) is 11.1 Å². The van der Waals surface area contributed by atoms with Gasteiger partial charge in [-0.3, -0.25) is 0 Å². The third-order valence-corrected chi connectivity index (χ3v) is 2.36. The minimum Gasteiger partial charge on any atom is -0.497 e. The smallest absolute Gasteiger partial charge is 0.344 e. The zero-order valence-corrected chi connectivity index (χ0v) is 9.56. The highest BCUT2D eigenvalue weighted by atomic mass is 16.5. The quantitative estimate of drug-likeness (QED) is 0.870. The van der Waals surface area contributed by atoms with E-state index in [1.165, 1.54) is 6.20 Å². The summed E-state index contributed by atoms with van der Waals surface area (Å²) in [6.45, 7) is 0. The van der Waals surface area contributed by atoms with Crippen molar-refractivity contribution in [3.05, 3.63) is 41.1 Å². The van der Waals surface area contributed by atoms with Crippen molar-refractivity contribution in [2.75, 3.05) is 14.2 Å². The number of hydrogen-bond donors (Lipinski definition) is 1. The van der Waals surface area contributed by atoms with Crippen LogP contribution in [-0.2, 0) is 0 Å². The number of nitrogens with one attached hydrogen (secondary N) is 1. The molecule has 1 aromatic carbocycles. The molecule has 0 saturated carbocycles. The molecule has 0 fully saturated rings. The van der Waals surface area contributed by atoms with Crippen molar-refractivity contribution in [1.29, 1.82) is 0 Å². The molecule has 0 unspecified atom stereocenters. The monoisotopic (exact) mass is 232 g/mol. The first kappa shape index (κ1) is 11.2. The number of aromatic nitrogens is 2. The van der Waals surface area contributed by atoms with Crippen LogP contribution in [0.3, 0.4) is 0 Å². The third kappa shape index (κ3) is 2.44. The maximum absolute atomic E-state index is 10.9. The Kier molecular flexibility index (Phi) is 3.09. The van der Waals surface area contributed by atoms with Crippen LogP contribution in [0.25, 0.3) is 11.1 Å². The molecular weight excluding hydrogens is 220 g/mol. The first-order chi connectivity index (χ1) is 8.22. The molecule has 2 aromatic rings. The van der Waals surface area contributed by atoms with Crippen LogP contribution in [0.4, 0.5) is 0 Å². The number of aromatic amines is 1. The minimum atomic E-state index is -0.372. The molecule has 0 bridgehead atoms. The van der Waals surface area contributed by atoms with Crippen LogP contribution < -0.4 is 15.2 Å². The summed E-state index contributed by atoms with van der Waals surface area (Å²) in [7, 11) is 3.17. The number of H-pyrrole nitrogens is 1. The highest BCUT2D eigenvalue weighted by molar-refractivity contribution is 5.65. The number of benzene rings is 1. The topological polar surface area (TPSA) is 64.2 Å². The Bertz CT molecular complexity index is 535. The van der Waals surface area contributed by atoms with Crippen molar-refractivity contribution < 1.29 is 9.47 Å². The summed E-state index contributed by atoms with van der Waals surface area (Å²) in [6, 6.07) is 5.47. The standard InChI is InChI=1S/C12H12N2O3/c1-16-10-3-8(4-11(5-10)17-2)9-6-13-12(15)14-7-9/h3-7H,1-2H3,(H,13,14,15). The SMILES string of the molecule is COc1cc(OC)cc(-c2cnc(=O)[nH]c2)c1. The zero-order valence-electron chi connectivity index (χ0n) is 9.56. The molecule has 17 heavy (non-hydrogen) atoms. The van der Waals surface area contributed by atoms with E-state index in [4.69, 9.17) is 9.47 Å². The molecule has 0 radical (unpaired) electrons. The Labute approximate surface area is 98.0 Å². The summed E-state index contributed by atoms with van der Waals surface area (Å²) in [5, 5.41) is 0. The van der Waals surface area contributed by atoms with Gasteiger partial charge in [0.2, 0.25) is 0 Å². The largest absolute Gasteiger partial charge is 0.497 e. The predicted molar refractivity (Wildman–Crippen MR) is 63.4 cm³/mol. The summed E-state index contributed by atoms with van der Waals surface area (Å²) in [5.74, 6) is 1.37. The van der Waals surface area contributed by atoms with Crippen LogP contribution in [-0.4, -0.2) is 24.2 Å². The second-order valence-corrected chi connectivity index (χ2v) is 3.41. The lowest BCUT2D eigenvalue weighted by molar-refractivity contribution is 0.394. The summed E-state index contributed by atoms with van der Waals surface area (Å²) >= 11 is 0. The second-order valence-electron chi connectivity index (χ2n) is 3.41. The molecule has 5 heteroatoms. The summed E-state index contributed by atoms with van der Waals surface area (Å²) in [4.78, 5) is 17.1. The first-order valence-electron chi connectivity index (χ1n) is 5.01. The lowest BCUT2D eigenvalue weighted by Gasteiger charge is -2.07. The summed E-state index contributed by atoms with van der Waals surface area (Å²) in [6.07, 6.45) is 3.11. The van der Waals surface area contributed by atoms with Gasteiger partial charge in [-0.05, 0) is 17.7 Å². The van der Waals surface area contributed by atoms with E-state index in [1.54, 1.807) is 26.5 Å². The molecular formula is C12H12N2O3. The minimum absolute atomic E-state index is 0.372. The van der Waals surface area contributed by atoms with E-state index in [9.17, 15) is 4.79 Å². The van der Waals surface area contributed by atoms with Gasteiger partial charge in [0.15, 0.2) is 0 Å². The van der Waals surface area contributed by atoms with Gasteiger partial charge < -0.3 is 14.5 Å². The van der Waals surface area contributed by atoms with Gasteiger partial charge in [-0.1, -0.05) is 0 Å². The highest BCUT2D eigenvalue weighted by Gasteiger charge is 2.04. The van der Waals surface area contributed by atoms with E-state index in [1.807, 2.05) is 12.1 Å². The molecule has 1 aromatic heterocycles. The highest BCUT2D eigenvalue weighted by Crippen LogP contribution is 2.28. The van der Waals surface area contributed by atoms with Gasteiger partial charge in [0.25, 0.3) is 0 Å². The van der Waals surface area contributed by atoms with E-state index >= 15 is 0 Å². The predicted octanol–water partition coefficient (Wildman–Crippen LogP) is 1.45. The van der Waals surface area contributed by atoms with Gasteiger partial charge in [-0.25, -0.2) is 9.78 Å². The van der Waals surface area contributed by atoms with Gasteiger partial charge in [0.05, 0.1) is 14.2 Å². The van der Waals surface area contributed by atoms with Crippen molar-refractivity contribution in [1.82, 2.24) is 9.97 Å². The molecule has 0 saturated heterocycles. The van der Waals surface area contributed by atoms with Crippen molar-refractivity contribution in [2.24, 2.45) is 0 Å². The van der Waals surface area contributed by atoms with Gasteiger partial charge in [0, 0.05) is 24.0 Å². The zero-order chi connectivity index (χ0) is 12.3. The number of nitrogens with zero attached hydrogens (tertiary/aromatic N) is 1. The molecule has 0 atom stereocenters. The number of ether oxygens (including phenoxy) is 2. The van der Waals surface area contributed by atoms with Gasteiger partial charge >= 0.3 is 5.69 Å². The van der Waals surface area contributed by atoms with Gasteiger partial charge in [-0.15, -0.1) is 0 Å². The third-order valence-electron chi connectivity index (χ3n) is 2.36. The van der Waals surface area contributed by atoms with Gasteiger partial charge in [0.1, 0.15) is 11.5 Å². The lowest BCUT2D eigenvalue weighted by Crippen LogP contribution is -2.07. The second kappa shape index (κ2) is 4.69. The number of rotatable bonds is 3. The van der Waals surface area contributed by atoms with Crippen LogP contribution in [0.15, 0.2) is 35.4 Å². The summed E-state index contributed by atoms with van der Waals surface area (Å²) in [5.41, 5.74) is 1.29. The molecule has 0 aliphatic heterocycles. The van der Waals surface area contributed by atoms with E-state index in [-0.39, 0.29) is 5.69 Å². The molecule has 5 nitrogen and oxygen atoms in total. The molecule has 2 rings (SSSR count). The normalized spacial score (nSPS) is 10.0. The van der Waals surface area contributed by atoms with Crippen molar-refractivity contribution in [2.45, 2.75) is 0 Å². The Morgan fingerprint density at radius 1 is 1.06 bits per heavy atom. The Morgan fingerprint density at radius 2 is 1.71 bits per heavy atom. The van der Waals surface area contributed by atoms with Crippen LogP contribution >= 0.6 is 0 Å². The fourth-order valence-electron chi connectivity index (χ4n) is 1.47. The van der Waals surface area contributed by atoms with Crippen molar-refractivity contribution in [3.8, 4) is 22.6 Å². The molecule has 0 aliphatic carbocycles. The Hall–Kier alpha value is -2.30. The molecule has 0 spiro atoms. The van der Waals surface area contributed by atoms with Crippen molar-refractivity contribution >= 4 is 0 Å². The molecule has 1 N–H and O–H groups in total. The summed E-state index contributed by atoms with van der Waals surface area (Å²) < 4.78 is 10.3. The fraction of sp³-hybridized carbons (Fsp3) is 0.167. The molecule has 0 amide bonds. The van der Waals surface area contributed by atoms with Gasteiger partial charge in [-0.2, -0.15) is 0 Å². The Morgan fingerprint density at radius 3 is 2.18 bits per heavy atom. The fourth-order valence-corrected chi connectivity index (χ4v) is 1.47. The molecule has 0 aliphatic rings. The van der Waals surface area contributed by atoms with Crippen LogP contribution in [0, 0.1) is 0 Å². The van der Waals surface area contributed by atoms with Crippen molar-refractivity contribution in [3.63, 3.8) is 0 Å². The van der Waals surface area contributed by atoms with Crippen LogP contribution in [0.1, 0.15) is 0 Å².